The Morgan fingerprint density at radius 2 is 1.97 bits per heavy atom. The summed E-state index contributed by atoms with van der Waals surface area (Å²) in [7, 11) is 0. The molecule has 4 N–H and O–H groups in total. The zero-order chi connectivity index (χ0) is 23.9. The molecule has 34 heavy (non-hydrogen) atoms. The second kappa shape index (κ2) is 9.09. The quantitative estimate of drug-likeness (QED) is 0.406. The number of halogens is 3. The van der Waals surface area contributed by atoms with Crippen molar-refractivity contribution in [3.63, 3.8) is 0 Å². The van der Waals surface area contributed by atoms with Gasteiger partial charge in [-0.3, -0.25) is 0 Å². The number of fused-ring (bicyclic) bond motifs is 3. The number of alkyl halides is 3. The van der Waals surface area contributed by atoms with E-state index in [4.69, 9.17) is 4.74 Å². The molecule has 1 saturated heterocycles. The van der Waals surface area contributed by atoms with Crippen molar-refractivity contribution in [1.82, 2.24) is 15.3 Å². The number of aromatic nitrogens is 2. The normalized spacial score (nSPS) is 18.6. The molecule has 0 amide bonds. The Labute approximate surface area is 194 Å². The van der Waals surface area contributed by atoms with Crippen LogP contribution in [0.2, 0.25) is 0 Å². The van der Waals surface area contributed by atoms with Gasteiger partial charge in [0, 0.05) is 47.9 Å². The fraction of sp³-hybridized carbons (Fsp3) is 0.458. The van der Waals surface area contributed by atoms with Crippen LogP contribution in [0.4, 0.5) is 19.0 Å². The number of pyridine rings is 1. The molecule has 0 aliphatic carbocycles. The molecular formula is C24H27F3N4O3. The van der Waals surface area contributed by atoms with Gasteiger partial charge in [-0.05, 0) is 55.6 Å². The van der Waals surface area contributed by atoms with Gasteiger partial charge in [-0.1, -0.05) is 0 Å². The maximum Gasteiger partial charge on any atom is 0.419 e. The number of H-pyrrole nitrogens is 1. The highest BCUT2D eigenvalue weighted by Crippen LogP contribution is 2.37. The second-order valence-electron chi connectivity index (χ2n) is 8.89. The Morgan fingerprint density at radius 3 is 2.71 bits per heavy atom. The first-order valence-corrected chi connectivity index (χ1v) is 11.5. The summed E-state index contributed by atoms with van der Waals surface area (Å²) in [6, 6.07) is 6.45. The van der Waals surface area contributed by atoms with E-state index in [0.29, 0.717) is 30.9 Å². The molecule has 4 heterocycles. The third-order valence-corrected chi connectivity index (χ3v) is 6.51. The topological polar surface area (TPSA) is 93.6 Å². The Bertz CT molecular complexity index is 1170. The van der Waals surface area contributed by atoms with E-state index < -0.39 is 18.0 Å². The van der Waals surface area contributed by atoms with Crippen LogP contribution < -0.4 is 15.0 Å². The third-order valence-electron chi connectivity index (χ3n) is 6.51. The van der Waals surface area contributed by atoms with E-state index in [0.717, 1.165) is 47.5 Å². The summed E-state index contributed by atoms with van der Waals surface area (Å²) >= 11 is 0. The number of hydrogen-bond acceptors (Lipinski definition) is 6. The van der Waals surface area contributed by atoms with Crippen molar-refractivity contribution < 1.29 is 28.1 Å². The molecule has 0 spiro atoms. The number of nitrogens with zero attached hydrogens (tertiary/aromatic N) is 2. The first-order chi connectivity index (χ1) is 16.3. The molecule has 3 aromatic rings. The predicted molar refractivity (Wildman–Crippen MR) is 121 cm³/mol. The Hall–Kier alpha value is -2.82. The minimum Gasteiger partial charge on any atom is -0.489 e. The summed E-state index contributed by atoms with van der Waals surface area (Å²) in [5, 5.41) is 23.0. The molecule has 2 aliphatic rings. The van der Waals surface area contributed by atoms with E-state index >= 15 is 0 Å². The molecule has 2 aliphatic heterocycles. The lowest BCUT2D eigenvalue weighted by Gasteiger charge is -2.24. The average molecular weight is 476 g/mol. The minimum atomic E-state index is -4.49. The summed E-state index contributed by atoms with van der Waals surface area (Å²) in [6.07, 6.45) is -1.77. The van der Waals surface area contributed by atoms with Crippen LogP contribution in [0, 0.1) is 0 Å². The Balaban J connectivity index is 1.37. The van der Waals surface area contributed by atoms with Gasteiger partial charge in [-0.15, -0.1) is 0 Å². The highest BCUT2D eigenvalue weighted by Gasteiger charge is 2.37. The van der Waals surface area contributed by atoms with Crippen LogP contribution in [0.5, 0.6) is 5.75 Å². The molecule has 1 atom stereocenters. The lowest BCUT2D eigenvalue weighted by atomic mass is 9.97. The van der Waals surface area contributed by atoms with Crippen molar-refractivity contribution in [1.29, 1.82) is 0 Å². The molecular weight excluding hydrogens is 449 g/mol. The smallest absolute Gasteiger partial charge is 0.419 e. The fourth-order valence-corrected chi connectivity index (χ4v) is 4.93. The van der Waals surface area contributed by atoms with Crippen LogP contribution >= 0.6 is 0 Å². The number of nitrogens with one attached hydrogen (secondary N) is 2. The first kappa shape index (κ1) is 22.9. The number of aliphatic hydroxyl groups excluding tert-OH is 1. The van der Waals surface area contributed by atoms with E-state index in [9.17, 15) is 23.4 Å². The van der Waals surface area contributed by atoms with Gasteiger partial charge < -0.3 is 30.2 Å². The largest absolute Gasteiger partial charge is 0.489 e. The van der Waals surface area contributed by atoms with Crippen LogP contribution in [-0.2, 0) is 19.2 Å². The van der Waals surface area contributed by atoms with Crippen molar-refractivity contribution in [3.8, 4) is 5.75 Å². The van der Waals surface area contributed by atoms with Crippen LogP contribution in [0.25, 0.3) is 10.9 Å². The number of anilines is 1. The van der Waals surface area contributed by atoms with Crippen LogP contribution in [0.3, 0.4) is 0 Å². The van der Waals surface area contributed by atoms with Gasteiger partial charge in [0.25, 0.3) is 0 Å². The van der Waals surface area contributed by atoms with Crippen molar-refractivity contribution in [3.05, 3.63) is 52.8 Å². The van der Waals surface area contributed by atoms with Gasteiger partial charge in [0.1, 0.15) is 18.2 Å². The van der Waals surface area contributed by atoms with Gasteiger partial charge in [-0.2, -0.15) is 13.2 Å². The van der Waals surface area contributed by atoms with Crippen LogP contribution in [0.15, 0.2) is 30.5 Å². The SMILES string of the molecule is OC(O)CC1NCCc2c1[nH]c1ccc(OCc3cnc(N4CCCC4)c(C(F)(F)F)c3)cc21. The summed E-state index contributed by atoms with van der Waals surface area (Å²) in [5.74, 6) is 0.536. The van der Waals surface area contributed by atoms with E-state index in [-0.39, 0.29) is 24.9 Å². The lowest BCUT2D eigenvalue weighted by Crippen LogP contribution is -2.32. The lowest BCUT2D eigenvalue weighted by molar-refractivity contribution is -0.137. The van der Waals surface area contributed by atoms with Crippen molar-refractivity contribution in [2.24, 2.45) is 0 Å². The number of benzene rings is 1. The molecule has 5 rings (SSSR count). The molecule has 10 heteroatoms. The van der Waals surface area contributed by atoms with Gasteiger partial charge in [-0.25, -0.2) is 4.98 Å². The molecule has 2 aromatic heterocycles. The fourth-order valence-electron chi connectivity index (χ4n) is 4.93. The van der Waals surface area contributed by atoms with E-state index in [2.05, 4.69) is 15.3 Å². The summed E-state index contributed by atoms with van der Waals surface area (Å²) in [6.45, 7) is 1.84. The van der Waals surface area contributed by atoms with E-state index in [1.165, 1.54) is 6.20 Å². The summed E-state index contributed by atoms with van der Waals surface area (Å²) < 4.78 is 47.0. The van der Waals surface area contributed by atoms with Gasteiger partial charge in [0.15, 0.2) is 6.29 Å². The third kappa shape index (κ3) is 4.57. The summed E-state index contributed by atoms with van der Waals surface area (Å²) in [5.41, 5.74) is 2.53. The molecule has 182 valence electrons. The minimum absolute atomic E-state index is 0.00900. The maximum atomic E-state index is 13.7. The van der Waals surface area contributed by atoms with Gasteiger partial charge in [0.2, 0.25) is 0 Å². The number of aliphatic hydroxyl groups is 2. The highest BCUT2D eigenvalue weighted by molar-refractivity contribution is 5.86. The first-order valence-electron chi connectivity index (χ1n) is 11.5. The maximum absolute atomic E-state index is 13.7. The van der Waals surface area contributed by atoms with Gasteiger partial charge >= 0.3 is 6.18 Å². The zero-order valence-corrected chi connectivity index (χ0v) is 18.5. The average Bonchev–Trinajstić information content (AvgIpc) is 3.45. The molecule has 7 nitrogen and oxygen atoms in total. The van der Waals surface area contributed by atoms with Crippen LogP contribution in [0.1, 0.15) is 47.7 Å². The van der Waals surface area contributed by atoms with Gasteiger partial charge in [0.05, 0.1) is 11.6 Å². The number of rotatable bonds is 6. The molecule has 0 radical (unpaired) electrons. The number of aromatic amines is 1. The Kier molecular flexibility index (Phi) is 6.13. The monoisotopic (exact) mass is 476 g/mol. The Morgan fingerprint density at radius 1 is 1.18 bits per heavy atom. The van der Waals surface area contributed by atoms with E-state index in [1.807, 2.05) is 12.1 Å². The predicted octanol–water partition coefficient (Wildman–Crippen LogP) is 3.65. The summed E-state index contributed by atoms with van der Waals surface area (Å²) in [4.78, 5) is 9.18. The second-order valence-corrected chi connectivity index (χ2v) is 8.89. The molecule has 1 fully saturated rings. The van der Waals surface area contributed by atoms with Crippen molar-refractivity contribution in [2.45, 2.75) is 50.8 Å². The zero-order valence-electron chi connectivity index (χ0n) is 18.5. The highest BCUT2D eigenvalue weighted by atomic mass is 19.4. The van der Waals surface area contributed by atoms with E-state index in [1.54, 1.807) is 11.0 Å². The van der Waals surface area contributed by atoms with Crippen LogP contribution in [-0.4, -0.2) is 46.1 Å². The number of ether oxygens (including phenoxy) is 1. The standard InChI is InChI=1S/C24H27F3N4O3/c25-24(26,27)18-9-14(12-29-23(18)31-7-1-2-8-31)13-34-15-3-4-19-17(10-15)16-5-6-28-20(11-21(32)33)22(16)30-19/h3-4,9-10,12,20-21,28,30,32-33H,1-2,5-8,11,13H2. The molecule has 0 saturated carbocycles. The molecule has 0 bridgehead atoms. The molecule has 1 aromatic carbocycles. The number of hydrogen-bond donors (Lipinski definition) is 4. The molecule has 1 unspecified atom stereocenters. The van der Waals surface area contributed by atoms with Crippen molar-refractivity contribution in [2.75, 3.05) is 24.5 Å². The van der Waals surface area contributed by atoms with Crippen molar-refractivity contribution >= 4 is 16.7 Å².